The highest BCUT2D eigenvalue weighted by Crippen LogP contribution is 2.35. The Balaban J connectivity index is 1.66. The van der Waals surface area contributed by atoms with E-state index in [0.717, 1.165) is 0 Å². The largest absolute Gasteiger partial charge is 0.482 e. The van der Waals surface area contributed by atoms with Gasteiger partial charge in [0, 0.05) is 6.42 Å². The van der Waals surface area contributed by atoms with Crippen LogP contribution in [0.15, 0.2) is 51.9 Å². The molecule has 0 atom stereocenters. The van der Waals surface area contributed by atoms with Crippen molar-refractivity contribution in [2.24, 2.45) is 0 Å². The van der Waals surface area contributed by atoms with E-state index in [0.29, 0.717) is 29.4 Å². The standard InChI is InChI=1S/C20H17N5O5S/c1-2-19-22-18(23-30-19)11-25-16-9-15(6-7-17(16)29-12-20(25)26)31(27,28)24-14-5-3-4-13(8-14)10-21/h3-9,24H,2,11-12H2,1H3. The van der Waals surface area contributed by atoms with Crippen LogP contribution >= 0.6 is 0 Å². The number of anilines is 2. The number of nitriles is 1. The number of benzene rings is 2. The summed E-state index contributed by atoms with van der Waals surface area (Å²) in [6.45, 7) is 1.69. The molecule has 31 heavy (non-hydrogen) atoms. The lowest BCUT2D eigenvalue weighted by Gasteiger charge is -2.28. The van der Waals surface area contributed by atoms with Crippen LogP contribution in [0.25, 0.3) is 0 Å². The maximum absolute atomic E-state index is 12.9. The topological polar surface area (TPSA) is 138 Å². The summed E-state index contributed by atoms with van der Waals surface area (Å²) in [6.07, 6.45) is 0.557. The van der Waals surface area contributed by atoms with E-state index in [2.05, 4.69) is 14.9 Å². The molecule has 1 N–H and O–H groups in total. The number of amides is 1. The lowest BCUT2D eigenvalue weighted by Crippen LogP contribution is -2.38. The van der Waals surface area contributed by atoms with Gasteiger partial charge in [0.2, 0.25) is 5.89 Å². The number of hydrogen-bond acceptors (Lipinski definition) is 8. The van der Waals surface area contributed by atoms with Crippen molar-refractivity contribution in [2.75, 3.05) is 16.2 Å². The first-order valence-electron chi connectivity index (χ1n) is 9.31. The lowest BCUT2D eigenvalue weighted by molar-refractivity contribution is -0.121. The molecule has 0 radical (unpaired) electrons. The highest BCUT2D eigenvalue weighted by molar-refractivity contribution is 7.92. The van der Waals surface area contributed by atoms with Gasteiger partial charge in [-0.25, -0.2) is 8.42 Å². The number of carbonyl (C=O) groups excluding carboxylic acids is 1. The first-order valence-corrected chi connectivity index (χ1v) is 10.8. The van der Waals surface area contributed by atoms with Gasteiger partial charge in [-0.05, 0) is 36.4 Å². The van der Waals surface area contributed by atoms with E-state index in [-0.39, 0.29) is 35.3 Å². The summed E-state index contributed by atoms with van der Waals surface area (Å²) in [6, 6.07) is 12.3. The molecule has 11 heteroatoms. The van der Waals surface area contributed by atoms with Crippen LogP contribution in [-0.4, -0.2) is 31.1 Å². The summed E-state index contributed by atoms with van der Waals surface area (Å²) in [4.78, 5) is 18.0. The minimum atomic E-state index is -3.99. The zero-order valence-corrected chi connectivity index (χ0v) is 17.2. The Labute approximate surface area is 178 Å². The second-order valence-corrected chi connectivity index (χ2v) is 8.34. The van der Waals surface area contributed by atoms with Crippen LogP contribution in [-0.2, 0) is 27.8 Å². The number of rotatable bonds is 6. The van der Waals surface area contributed by atoms with Crippen LogP contribution in [0.1, 0.15) is 24.2 Å². The Morgan fingerprint density at radius 1 is 1.26 bits per heavy atom. The number of carbonyl (C=O) groups is 1. The third-order valence-corrected chi connectivity index (χ3v) is 5.92. The lowest BCUT2D eigenvalue weighted by atomic mass is 10.2. The van der Waals surface area contributed by atoms with Gasteiger partial charge < -0.3 is 9.26 Å². The number of nitrogens with zero attached hydrogens (tertiary/aromatic N) is 4. The van der Waals surface area contributed by atoms with E-state index in [4.69, 9.17) is 14.5 Å². The Kier molecular flexibility index (Phi) is 5.31. The van der Waals surface area contributed by atoms with Crippen molar-refractivity contribution in [3.63, 3.8) is 0 Å². The van der Waals surface area contributed by atoms with Gasteiger partial charge in [0.25, 0.3) is 15.9 Å². The molecule has 10 nitrogen and oxygen atoms in total. The summed E-state index contributed by atoms with van der Waals surface area (Å²) in [7, 11) is -3.99. The van der Waals surface area contributed by atoms with Crippen molar-refractivity contribution < 1.29 is 22.5 Å². The minimum absolute atomic E-state index is 0.0137. The maximum atomic E-state index is 12.9. The van der Waals surface area contributed by atoms with Crippen molar-refractivity contribution in [1.29, 1.82) is 5.26 Å². The van der Waals surface area contributed by atoms with Crippen molar-refractivity contribution in [1.82, 2.24) is 10.1 Å². The molecule has 0 saturated heterocycles. The fourth-order valence-electron chi connectivity index (χ4n) is 3.03. The Morgan fingerprint density at radius 3 is 2.84 bits per heavy atom. The molecular weight excluding hydrogens is 422 g/mol. The van der Waals surface area contributed by atoms with Gasteiger partial charge in [0.15, 0.2) is 12.4 Å². The van der Waals surface area contributed by atoms with Crippen LogP contribution in [0.2, 0.25) is 0 Å². The third kappa shape index (κ3) is 4.19. The number of aromatic nitrogens is 2. The second-order valence-electron chi connectivity index (χ2n) is 6.65. The molecule has 0 spiro atoms. The van der Waals surface area contributed by atoms with Crippen molar-refractivity contribution in [2.45, 2.75) is 24.8 Å². The Bertz CT molecular complexity index is 1300. The summed E-state index contributed by atoms with van der Waals surface area (Å²) in [5, 5.41) is 12.9. The minimum Gasteiger partial charge on any atom is -0.482 e. The predicted molar refractivity (Wildman–Crippen MR) is 109 cm³/mol. The summed E-state index contributed by atoms with van der Waals surface area (Å²) in [5.41, 5.74) is 0.856. The quantitative estimate of drug-likeness (QED) is 0.617. The first-order chi connectivity index (χ1) is 14.9. The second kappa shape index (κ2) is 8.08. The number of aryl methyl sites for hydroxylation is 1. The summed E-state index contributed by atoms with van der Waals surface area (Å²) < 4.78 is 38.8. The van der Waals surface area contributed by atoms with Crippen molar-refractivity contribution in [3.05, 3.63) is 59.7 Å². The third-order valence-electron chi connectivity index (χ3n) is 4.54. The highest BCUT2D eigenvalue weighted by atomic mass is 32.2. The van der Waals surface area contributed by atoms with E-state index in [9.17, 15) is 13.2 Å². The van der Waals surface area contributed by atoms with E-state index in [1.165, 1.54) is 35.2 Å². The van der Waals surface area contributed by atoms with E-state index in [1.807, 2.05) is 13.0 Å². The molecule has 1 amide bonds. The molecule has 0 fully saturated rings. The SMILES string of the molecule is CCc1nc(CN2C(=O)COc3ccc(S(=O)(=O)Nc4cccc(C#N)c4)cc32)no1. The molecule has 2 heterocycles. The van der Waals surface area contributed by atoms with Crippen LogP contribution in [0.3, 0.4) is 0 Å². The predicted octanol–water partition coefficient (Wildman–Crippen LogP) is 2.23. The van der Waals surface area contributed by atoms with Gasteiger partial charge in [0.1, 0.15) is 5.75 Å². The number of fused-ring (bicyclic) bond motifs is 1. The molecule has 0 aliphatic carbocycles. The maximum Gasteiger partial charge on any atom is 0.265 e. The van der Waals surface area contributed by atoms with Gasteiger partial charge in [-0.3, -0.25) is 14.4 Å². The normalized spacial score (nSPS) is 13.3. The van der Waals surface area contributed by atoms with Crippen LogP contribution in [0, 0.1) is 11.3 Å². The van der Waals surface area contributed by atoms with Crippen LogP contribution in [0.5, 0.6) is 5.75 Å². The molecule has 1 aromatic heterocycles. The first kappa shape index (κ1) is 20.4. The number of nitrogens with one attached hydrogen (secondary N) is 1. The van der Waals surface area contributed by atoms with E-state index < -0.39 is 10.0 Å². The van der Waals surface area contributed by atoms with Crippen molar-refractivity contribution in [3.8, 4) is 11.8 Å². The molecular formula is C20H17N5O5S. The summed E-state index contributed by atoms with van der Waals surface area (Å²) in [5.74, 6) is 0.748. The van der Waals surface area contributed by atoms with Crippen LogP contribution < -0.4 is 14.4 Å². The van der Waals surface area contributed by atoms with Crippen molar-refractivity contribution >= 4 is 27.3 Å². The van der Waals surface area contributed by atoms with Crippen LogP contribution in [0.4, 0.5) is 11.4 Å². The zero-order chi connectivity index (χ0) is 22.0. The Hall–Kier alpha value is -3.91. The zero-order valence-electron chi connectivity index (χ0n) is 16.4. The molecule has 0 unspecified atom stereocenters. The average molecular weight is 439 g/mol. The Morgan fingerprint density at radius 2 is 2.10 bits per heavy atom. The molecule has 0 saturated carbocycles. The molecule has 4 rings (SSSR count). The molecule has 1 aliphatic heterocycles. The highest BCUT2D eigenvalue weighted by Gasteiger charge is 2.29. The van der Waals surface area contributed by atoms with Gasteiger partial charge in [-0.15, -0.1) is 0 Å². The number of sulfonamides is 1. The molecule has 3 aromatic rings. The fourth-order valence-corrected chi connectivity index (χ4v) is 4.10. The van der Waals surface area contributed by atoms with E-state index >= 15 is 0 Å². The molecule has 1 aliphatic rings. The molecule has 2 aromatic carbocycles. The van der Waals surface area contributed by atoms with Gasteiger partial charge in [0.05, 0.1) is 34.4 Å². The van der Waals surface area contributed by atoms with Gasteiger partial charge >= 0.3 is 0 Å². The molecule has 158 valence electrons. The smallest absolute Gasteiger partial charge is 0.265 e. The van der Waals surface area contributed by atoms with Gasteiger partial charge in [-0.1, -0.05) is 18.1 Å². The summed E-state index contributed by atoms with van der Waals surface area (Å²) >= 11 is 0. The average Bonchev–Trinajstić information content (AvgIpc) is 3.23. The van der Waals surface area contributed by atoms with E-state index in [1.54, 1.807) is 12.1 Å². The fraction of sp³-hybridized carbons (Fsp3) is 0.200. The monoisotopic (exact) mass is 439 g/mol. The van der Waals surface area contributed by atoms with Gasteiger partial charge in [-0.2, -0.15) is 10.2 Å². The number of hydrogen-bond donors (Lipinski definition) is 1. The molecule has 0 bridgehead atoms. The number of ether oxygens (including phenoxy) is 1.